The van der Waals surface area contributed by atoms with Gasteiger partial charge in [-0.15, -0.1) is 0 Å². The molecule has 0 spiro atoms. The molecule has 0 fully saturated rings. The third kappa shape index (κ3) is 4.65. The van der Waals surface area contributed by atoms with Gasteiger partial charge in [0.2, 0.25) is 5.88 Å². The molecule has 0 saturated heterocycles. The molecular formula is C19H13BF3N3O3. The number of aromatic nitrogens is 2. The molecule has 2 aromatic heterocycles. The first-order valence-corrected chi connectivity index (χ1v) is 8.19. The standard InChI is InChI=1S/C19H13BF3N3O3/c1-28-18(27)12-10-11(29-17-13(19(21,22)23)4-2-9-25-17)6-7-14(12)26-15-5-3-8-24-16(15)20/h2-10,26H,1H3. The Morgan fingerprint density at radius 1 is 1.07 bits per heavy atom. The van der Waals surface area contributed by atoms with E-state index >= 15 is 0 Å². The van der Waals surface area contributed by atoms with Crippen LogP contribution in [0, 0.1) is 0 Å². The van der Waals surface area contributed by atoms with Gasteiger partial charge >= 0.3 is 12.1 Å². The van der Waals surface area contributed by atoms with E-state index < -0.39 is 23.6 Å². The van der Waals surface area contributed by atoms with Crippen molar-refractivity contribution < 1.29 is 27.4 Å². The van der Waals surface area contributed by atoms with Crippen molar-refractivity contribution in [3.05, 3.63) is 66.0 Å². The summed E-state index contributed by atoms with van der Waals surface area (Å²) < 4.78 is 49.5. The number of hydrogen-bond acceptors (Lipinski definition) is 6. The molecule has 29 heavy (non-hydrogen) atoms. The number of carbonyl (C=O) groups is 1. The molecular weight excluding hydrogens is 386 g/mol. The van der Waals surface area contributed by atoms with E-state index in [1.807, 2.05) is 0 Å². The normalized spacial score (nSPS) is 11.0. The Hall–Kier alpha value is -3.56. The molecule has 146 valence electrons. The van der Waals surface area contributed by atoms with Gasteiger partial charge in [0.25, 0.3) is 0 Å². The average molecular weight is 399 g/mol. The molecule has 0 unspecified atom stereocenters. The SMILES string of the molecule is [B]c1ncccc1Nc1ccc(Oc2ncccc2C(F)(F)F)cc1C(=O)OC. The smallest absolute Gasteiger partial charge is 0.421 e. The predicted octanol–water partition coefficient (Wildman–Crippen LogP) is 3.61. The zero-order chi connectivity index (χ0) is 21.0. The second-order valence-electron chi connectivity index (χ2n) is 5.72. The number of benzene rings is 1. The molecule has 0 aliphatic heterocycles. The number of halogens is 3. The second-order valence-corrected chi connectivity index (χ2v) is 5.72. The van der Waals surface area contributed by atoms with Crippen LogP contribution in [0.1, 0.15) is 15.9 Å². The van der Waals surface area contributed by atoms with Crippen molar-refractivity contribution in [2.45, 2.75) is 6.18 Å². The molecule has 0 bridgehead atoms. The van der Waals surface area contributed by atoms with Crippen LogP contribution >= 0.6 is 0 Å². The first-order chi connectivity index (χ1) is 13.8. The maximum Gasteiger partial charge on any atom is 0.421 e. The van der Waals surface area contributed by atoms with Crippen LogP contribution in [0.15, 0.2) is 54.9 Å². The lowest BCUT2D eigenvalue weighted by molar-refractivity contribution is -0.138. The fourth-order valence-electron chi connectivity index (χ4n) is 2.44. The minimum atomic E-state index is -4.64. The van der Waals surface area contributed by atoms with E-state index in [4.69, 9.17) is 17.3 Å². The van der Waals surface area contributed by atoms with E-state index in [1.165, 1.54) is 37.7 Å². The van der Waals surface area contributed by atoms with Gasteiger partial charge in [-0.1, -0.05) is 0 Å². The summed E-state index contributed by atoms with van der Waals surface area (Å²) >= 11 is 0. The van der Waals surface area contributed by atoms with Crippen LogP contribution in [0.5, 0.6) is 11.6 Å². The van der Waals surface area contributed by atoms with E-state index in [0.29, 0.717) is 11.4 Å². The number of ether oxygens (including phenoxy) is 2. The molecule has 3 aromatic rings. The topological polar surface area (TPSA) is 73.3 Å². The zero-order valence-corrected chi connectivity index (χ0v) is 15.0. The lowest BCUT2D eigenvalue weighted by atomic mass is 10.0. The summed E-state index contributed by atoms with van der Waals surface area (Å²) in [5, 5.41) is 2.94. The zero-order valence-electron chi connectivity index (χ0n) is 15.0. The Bertz CT molecular complexity index is 1040. The molecule has 3 rings (SSSR count). The first kappa shape index (κ1) is 20.2. The second kappa shape index (κ2) is 8.21. The van der Waals surface area contributed by atoms with Crippen LogP contribution in [-0.4, -0.2) is 30.9 Å². The molecule has 2 radical (unpaired) electrons. The minimum absolute atomic E-state index is 0.0257. The quantitative estimate of drug-likeness (QED) is 0.522. The summed E-state index contributed by atoms with van der Waals surface area (Å²) in [6, 6.07) is 9.38. The van der Waals surface area contributed by atoms with Gasteiger partial charge in [-0.2, -0.15) is 13.2 Å². The van der Waals surface area contributed by atoms with E-state index in [1.54, 1.807) is 12.1 Å². The van der Waals surface area contributed by atoms with Crippen molar-refractivity contribution in [1.82, 2.24) is 9.97 Å². The van der Waals surface area contributed by atoms with Gasteiger partial charge in [-0.05, 0) is 42.5 Å². The fraction of sp³-hybridized carbons (Fsp3) is 0.105. The number of nitrogens with one attached hydrogen (secondary N) is 1. The molecule has 0 amide bonds. The molecule has 0 aliphatic carbocycles. The monoisotopic (exact) mass is 399 g/mol. The highest BCUT2D eigenvalue weighted by Crippen LogP contribution is 2.37. The number of methoxy groups -OCH3 is 1. The molecule has 0 atom stereocenters. The van der Waals surface area contributed by atoms with E-state index in [9.17, 15) is 18.0 Å². The van der Waals surface area contributed by atoms with Crippen LogP contribution in [0.25, 0.3) is 0 Å². The van der Waals surface area contributed by atoms with Crippen molar-refractivity contribution >= 4 is 30.8 Å². The van der Waals surface area contributed by atoms with Crippen molar-refractivity contribution in [3.8, 4) is 11.6 Å². The van der Waals surface area contributed by atoms with Gasteiger partial charge in [0, 0.05) is 23.7 Å². The number of nitrogens with zero attached hydrogens (tertiary/aromatic N) is 2. The minimum Gasteiger partial charge on any atom is -0.465 e. The molecule has 0 aliphatic rings. The van der Waals surface area contributed by atoms with E-state index in [-0.39, 0.29) is 16.9 Å². The number of anilines is 2. The van der Waals surface area contributed by atoms with Crippen LogP contribution in [-0.2, 0) is 10.9 Å². The number of rotatable bonds is 5. The number of carbonyl (C=O) groups excluding carboxylic acids is 1. The van der Waals surface area contributed by atoms with Crippen molar-refractivity contribution in [2.75, 3.05) is 12.4 Å². The summed E-state index contributed by atoms with van der Waals surface area (Å²) in [5.74, 6) is -1.38. The number of hydrogen-bond donors (Lipinski definition) is 1. The highest BCUT2D eigenvalue weighted by molar-refractivity contribution is 6.34. The Labute approximate surface area is 165 Å². The fourth-order valence-corrected chi connectivity index (χ4v) is 2.44. The van der Waals surface area contributed by atoms with Gasteiger partial charge < -0.3 is 14.8 Å². The van der Waals surface area contributed by atoms with Gasteiger partial charge in [0.05, 0.1) is 18.4 Å². The van der Waals surface area contributed by atoms with Crippen molar-refractivity contribution in [3.63, 3.8) is 0 Å². The molecule has 2 heterocycles. The average Bonchev–Trinajstić information content (AvgIpc) is 2.69. The highest BCUT2D eigenvalue weighted by atomic mass is 19.4. The van der Waals surface area contributed by atoms with Crippen LogP contribution < -0.4 is 15.6 Å². The maximum absolute atomic E-state index is 13.1. The maximum atomic E-state index is 13.1. The van der Waals surface area contributed by atoms with Crippen molar-refractivity contribution in [2.24, 2.45) is 0 Å². The molecule has 1 aromatic carbocycles. The number of pyridine rings is 2. The Balaban J connectivity index is 1.97. The van der Waals surface area contributed by atoms with E-state index in [2.05, 4.69) is 15.3 Å². The van der Waals surface area contributed by atoms with Crippen LogP contribution in [0.4, 0.5) is 24.5 Å². The lowest BCUT2D eigenvalue weighted by Gasteiger charge is -2.15. The lowest BCUT2D eigenvalue weighted by Crippen LogP contribution is -2.14. The Morgan fingerprint density at radius 2 is 1.79 bits per heavy atom. The number of alkyl halides is 3. The summed E-state index contributed by atoms with van der Waals surface area (Å²) in [6.45, 7) is 0. The van der Waals surface area contributed by atoms with Gasteiger partial charge in [0.1, 0.15) is 19.2 Å². The Morgan fingerprint density at radius 3 is 2.48 bits per heavy atom. The molecule has 10 heteroatoms. The van der Waals surface area contributed by atoms with Gasteiger partial charge in [-0.25, -0.2) is 9.78 Å². The number of esters is 1. The largest absolute Gasteiger partial charge is 0.465 e. The first-order valence-electron chi connectivity index (χ1n) is 8.19. The summed E-state index contributed by atoms with van der Waals surface area (Å²) in [4.78, 5) is 19.8. The highest BCUT2D eigenvalue weighted by Gasteiger charge is 2.35. The summed E-state index contributed by atoms with van der Waals surface area (Å²) in [5.41, 5.74) is -0.0639. The summed E-state index contributed by atoms with van der Waals surface area (Å²) in [6.07, 6.45) is -1.97. The van der Waals surface area contributed by atoms with Gasteiger partial charge in [-0.3, -0.25) is 4.98 Å². The van der Waals surface area contributed by atoms with Crippen LogP contribution in [0.2, 0.25) is 0 Å². The van der Waals surface area contributed by atoms with Gasteiger partial charge in [0.15, 0.2) is 0 Å². The van der Waals surface area contributed by atoms with Crippen molar-refractivity contribution in [1.29, 1.82) is 0 Å². The molecule has 1 N–H and O–H groups in total. The molecule has 0 saturated carbocycles. The third-order valence-corrected chi connectivity index (χ3v) is 3.80. The third-order valence-electron chi connectivity index (χ3n) is 3.80. The van der Waals surface area contributed by atoms with E-state index in [0.717, 1.165) is 12.1 Å². The molecule has 6 nitrogen and oxygen atoms in total. The summed E-state index contributed by atoms with van der Waals surface area (Å²) in [7, 11) is 6.97. The van der Waals surface area contributed by atoms with Crippen LogP contribution in [0.3, 0.4) is 0 Å². The Kier molecular flexibility index (Phi) is 5.72. The predicted molar refractivity (Wildman–Crippen MR) is 100 cm³/mol.